The topological polar surface area (TPSA) is 155 Å². The van der Waals surface area contributed by atoms with Crippen molar-refractivity contribution in [1.82, 2.24) is 30.2 Å². The molecule has 0 spiro atoms. The molecule has 2 aromatic heterocycles. The van der Waals surface area contributed by atoms with Gasteiger partial charge in [-0.15, -0.1) is 0 Å². The van der Waals surface area contributed by atoms with Gasteiger partial charge in [0.05, 0.1) is 35.4 Å². The molecular formula is C37H48N6O6S2. The van der Waals surface area contributed by atoms with Crippen LogP contribution in [0.25, 0.3) is 0 Å². The Morgan fingerprint density at radius 1 is 0.902 bits per heavy atom. The lowest BCUT2D eigenvalue weighted by atomic mass is 9.93. The zero-order chi connectivity index (χ0) is 36.8. The second-order valence-electron chi connectivity index (χ2n) is 13.0. The monoisotopic (exact) mass is 736 g/mol. The van der Waals surface area contributed by atoms with Gasteiger partial charge in [0.2, 0.25) is 5.91 Å². The minimum Gasteiger partial charge on any atom is -0.467 e. The average molecular weight is 737 g/mol. The lowest BCUT2D eigenvalue weighted by molar-refractivity contribution is -0.124. The molecule has 4 aromatic rings. The zero-order valence-electron chi connectivity index (χ0n) is 29.7. The summed E-state index contributed by atoms with van der Waals surface area (Å²) >= 11 is 2.61. The van der Waals surface area contributed by atoms with Crippen LogP contribution in [0.1, 0.15) is 55.8 Å². The SMILES string of the molecule is CC(C)Oc1nc(CN(C)C(=O)N[C@H](C(=O)N[C@@H](Cc2ccccc2)C[C@H](O)[C@H](Cc2ccccc2)NC(=O)OCc2ccns2)C(C)C)cs1. The van der Waals surface area contributed by atoms with Crippen LogP contribution in [0.3, 0.4) is 0 Å². The van der Waals surface area contributed by atoms with Crippen molar-refractivity contribution in [2.24, 2.45) is 5.92 Å². The zero-order valence-corrected chi connectivity index (χ0v) is 31.3. The van der Waals surface area contributed by atoms with E-state index >= 15 is 0 Å². The first-order valence-corrected chi connectivity index (χ1v) is 18.6. The number of urea groups is 1. The Kier molecular flexibility index (Phi) is 15.2. The van der Waals surface area contributed by atoms with Crippen molar-refractivity contribution in [3.8, 4) is 5.19 Å². The van der Waals surface area contributed by atoms with Gasteiger partial charge in [-0.2, -0.15) is 0 Å². The number of benzene rings is 2. The second-order valence-corrected chi connectivity index (χ2v) is 14.7. The molecule has 4 atom stereocenters. The molecule has 0 saturated carbocycles. The number of hydrogen-bond acceptors (Lipinski definition) is 10. The number of amides is 4. The number of thiazole rings is 1. The maximum atomic E-state index is 13.9. The third-order valence-electron chi connectivity index (χ3n) is 7.94. The van der Waals surface area contributed by atoms with E-state index in [1.807, 2.05) is 93.7 Å². The Balaban J connectivity index is 1.45. The van der Waals surface area contributed by atoms with Crippen molar-refractivity contribution in [3.63, 3.8) is 0 Å². The number of aliphatic hydroxyl groups is 1. The number of carbonyl (C=O) groups is 3. The van der Waals surface area contributed by atoms with Crippen LogP contribution in [-0.4, -0.2) is 74.8 Å². The number of nitrogens with zero attached hydrogens (tertiary/aromatic N) is 3. The van der Waals surface area contributed by atoms with Crippen molar-refractivity contribution in [2.75, 3.05) is 7.05 Å². The lowest BCUT2D eigenvalue weighted by Gasteiger charge is -2.30. The van der Waals surface area contributed by atoms with Gasteiger partial charge in [0.25, 0.3) is 5.19 Å². The summed E-state index contributed by atoms with van der Waals surface area (Å²) < 4.78 is 15.1. The summed E-state index contributed by atoms with van der Waals surface area (Å²) in [6, 6.07) is 18.4. The Morgan fingerprint density at radius 2 is 1.57 bits per heavy atom. The minimum absolute atomic E-state index is 0.0100. The first-order chi connectivity index (χ1) is 24.5. The van der Waals surface area contributed by atoms with Crippen LogP contribution in [0, 0.1) is 5.92 Å². The molecule has 0 fully saturated rings. The second kappa shape index (κ2) is 19.8. The molecule has 12 nitrogen and oxygen atoms in total. The van der Waals surface area contributed by atoms with E-state index in [1.54, 1.807) is 19.3 Å². The van der Waals surface area contributed by atoms with Gasteiger partial charge in [0.15, 0.2) is 0 Å². The van der Waals surface area contributed by atoms with Gasteiger partial charge in [-0.25, -0.2) is 18.9 Å². The number of carbonyl (C=O) groups excluding carboxylic acids is 3. The van der Waals surface area contributed by atoms with Crippen molar-refractivity contribution in [1.29, 1.82) is 0 Å². The number of ether oxygens (including phenoxy) is 2. The van der Waals surface area contributed by atoms with Gasteiger partial charge in [-0.1, -0.05) is 85.8 Å². The molecule has 4 rings (SSSR count). The van der Waals surface area contributed by atoms with E-state index in [-0.39, 0.29) is 37.5 Å². The Bertz CT molecular complexity index is 1640. The number of nitrogens with one attached hydrogen (secondary N) is 3. The van der Waals surface area contributed by atoms with Crippen LogP contribution in [0.4, 0.5) is 9.59 Å². The lowest BCUT2D eigenvalue weighted by Crippen LogP contribution is -2.55. The van der Waals surface area contributed by atoms with E-state index in [1.165, 1.54) is 27.8 Å². The van der Waals surface area contributed by atoms with E-state index < -0.39 is 36.4 Å². The van der Waals surface area contributed by atoms with Gasteiger partial charge in [0, 0.05) is 24.7 Å². The molecule has 2 aromatic carbocycles. The summed E-state index contributed by atoms with van der Waals surface area (Å²) in [6.45, 7) is 7.86. The largest absolute Gasteiger partial charge is 0.467 e. The van der Waals surface area contributed by atoms with Gasteiger partial charge >= 0.3 is 12.1 Å². The fourth-order valence-electron chi connectivity index (χ4n) is 5.35. The quantitative estimate of drug-likeness (QED) is 0.103. The summed E-state index contributed by atoms with van der Waals surface area (Å²) in [5.41, 5.74) is 2.56. The summed E-state index contributed by atoms with van der Waals surface area (Å²) in [5, 5.41) is 22.9. The van der Waals surface area contributed by atoms with E-state index in [9.17, 15) is 19.5 Å². The first kappa shape index (κ1) is 39.3. The number of aromatic nitrogens is 2. The molecule has 2 heterocycles. The third kappa shape index (κ3) is 13.3. The molecule has 4 amide bonds. The molecule has 274 valence electrons. The highest BCUT2D eigenvalue weighted by molar-refractivity contribution is 7.11. The van der Waals surface area contributed by atoms with Crippen LogP contribution in [-0.2, 0) is 35.5 Å². The number of alkyl carbamates (subject to hydrolysis) is 1. The molecular weight excluding hydrogens is 689 g/mol. The number of aliphatic hydroxyl groups excluding tert-OH is 1. The number of rotatable bonds is 18. The molecule has 51 heavy (non-hydrogen) atoms. The Morgan fingerprint density at radius 3 is 2.18 bits per heavy atom. The summed E-state index contributed by atoms with van der Waals surface area (Å²) in [4.78, 5) is 46.8. The maximum Gasteiger partial charge on any atom is 0.407 e. The van der Waals surface area contributed by atoms with Crippen LogP contribution in [0.5, 0.6) is 5.19 Å². The van der Waals surface area contributed by atoms with E-state index in [2.05, 4.69) is 25.3 Å². The van der Waals surface area contributed by atoms with Crippen LogP contribution >= 0.6 is 22.9 Å². The van der Waals surface area contributed by atoms with Crippen molar-refractivity contribution in [3.05, 3.63) is 100 Å². The van der Waals surface area contributed by atoms with Crippen molar-refractivity contribution < 1.29 is 29.0 Å². The standard InChI is InChI=1S/C37H48N6O6S2/c1-24(2)33(42-35(46)43(5)21-29-23-50-37(40-29)49-25(3)4)34(45)39-28(18-26-12-8-6-9-13-26)20-32(44)31(19-27-14-10-7-11-15-27)41-36(47)48-22-30-16-17-38-51-30/h6-17,23-25,28,31-33,44H,18-22H2,1-5H3,(H,39,45)(H,41,47)(H,42,46)/t28-,31-,32-,33-/m0/s1. The Hall–Kier alpha value is -4.53. The first-order valence-electron chi connectivity index (χ1n) is 17.0. The third-order valence-corrected chi connectivity index (χ3v) is 9.44. The van der Waals surface area contributed by atoms with E-state index in [0.717, 1.165) is 16.0 Å². The maximum absolute atomic E-state index is 13.9. The highest BCUT2D eigenvalue weighted by atomic mass is 32.1. The van der Waals surface area contributed by atoms with Crippen LogP contribution in [0.2, 0.25) is 0 Å². The fourth-order valence-corrected chi connectivity index (χ4v) is 6.62. The highest BCUT2D eigenvalue weighted by Crippen LogP contribution is 2.21. The van der Waals surface area contributed by atoms with E-state index in [0.29, 0.717) is 23.7 Å². The molecule has 14 heteroatoms. The predicted octanol–water partition coefficient (Wildman–Crippen LogP) is 5.57. The molecule has 0 aliphatic rings. The minimum atomic E-state index is -1.06. The molecule has 0 radical (unpaired) electrons. The average Bonchev–Trinajstić information content (AvgIpc) is 3.78. The highest BCUT2D eigenvalue weighted by Gasteiger charge is 2.31. The fraction of sp³-hybridized carbons (Fsp3) is 0.432. The van der Waals surface area contributed by atoms with Crippen LogP contribution in [0.15, 0.2) is 78.3 Å². The van der Waals surface area contributed by atoms with Gasteiger partial charge < -0.3 is 35.4 Å². The summed E-state index contributed by atoms with van der Waals surface area (Å²) in [7, 11) is 1.64. The molecule has 0 unspecified atom stereocenters. The molecule has 0 aliphatic heterocycles. The summed E-state index contributed by atoms with van der Waals surface area (Å²) in [6.07, 6.45) is 0.780. The molecule has 0 bridgehead atoms. The van der Waals surface area contributed by atoms with Gasteiger partial charge in [0.1, 0.15) is 12.6 Å². The predicted molar refractivity (Wildman–Crippen MR) is 199 cm³/mol. The Labute approximate surface area is 307 Å². The van der Waals surface area contributed by atoms with Crippen molar-refractivity contribution >= 4 is 40.9 Å². The van der Waals surface area contributed by atoms with Crippen LogP contribution < -0.4 is 20.7 Å². The van der Waals surface area contributed by atoms with Gasteiger partial charge in [-0.05, 0) is 67.8 Å². The molecule has 0 aliphatic carbocycles. The number of hydrogen-bond donors (Lipinski definition) is 4. The smallest absolute Gasteiger partial charge is 0.407 e. The van der Waals surface area contributed by atoms with E-state index in [4.69, 9.17) is 9.47 Å². The summed E-state index contributed by atoms with van der Waals surface area (Å²) in [5.74, 6) is -0.617. The normalized spacial score (nSPS) is 13.6. The van der Waals surface area contributed by atoms with Gasteiger partial charge in [-0.3, -0.25) is 4.79 Å². The van der Waals surface area contributed by atoms with Crippen molar-refractivity contribution in [2.45, 2.75) is 90.4 Å². The molecule has 4 N–H and O–H groups in total. The molecule has 0 saturated heterocycles.